The van der Waals surface area contributed by atoms with Gasteiger partial charge in [0.2, 0.25) is 0 Å². The molecular weight excluding hydrogens is 220 g/mol. The Bertz CT molecular complexity index is 511. The lowest BCUT2D eigenvalue weighted by atomic mass is 9.98. The first kappa shape index (κ1) is 12.7. The molecule has 0 bridgehead atoms. The summed E-state index contributed by atoms with van der Waals surface area (Å²) in [7, 11) is 0. The minimum Gasteiger partial charge on any atom is -0.479 e. The van der Waals surface area contributed by atoms with Gasteiger partial charge in [0.1, 0.15) is 0 Å². The van der Waals surface area contributed by atoms with Gasteiger partial charge in [-0.05, 0) is 18.1 Å². The van der Waals surface area contributed by atoms with Crippen molar-refractivity contribution in [1.29, 1.82) is 10.5 Å². The first-order chi connectivity index (χ1) is 8.10. The summed E-state index contributed by atoms with van der Waals surface area (Å²) in [5.74, 6) is -1.40. The third kappa shape index (κ3) is 3.04. The fourth-order valence-electron chi connectivity index (χ4n) is 1.43. The SMILES string of the molecule is N#CCCc1ccc(C(O)C(=O)O)c(C#N)c1. The molecule has 86 valence electrons. The average Bonchev–Trinajstić information content (AvgIpc) is 2.34. The molecule has 0 fully saturated rings. The van der Waals surface area contributed by atoms with Crippen LogP contribution in [0, 0.1) is 22.7 Å². The molecular formula is C12H10N2O3. The van der Waals surface area contributed by atoms with Crippen LogP contribution < -0.4 is 0 Å². The van der Waals surface area contributed by atoms with Gasteiger partial charge in [-0.25, -0.2) is 4.79 Å². The second kappa shape index (κ2) is 5.64. The van der Waals surface area contributed by atoms with Gasteiger partial charge in [0, 0.05) is 12.0 Å². The quantitative estimate of drug-likeness (QED) is 0.806. The molecule has 1 atom stereocenters. The van der Waals surface area contributed by atoms with E-state index in [4.69, 9.17) is 15.6 Å². The third-order valence-electron chi connectivity index (χ3n) is 2.29. The average molecular weight is 230 g/mol. The van der Waals surface area contributed by atoms with Gasteiger partial charge in [-0.15, -0.1) is 0 Å². The Hall–Kier alpha value is -2.37. The van der Waals surface area contributed by atoms with E-state index in [9.17, 15) is 9.90 Å². The monoisotopic (exact) mass is 230 g/mol. The molecule has 0 saturated carbocycles. The highest BCUT2D eigenvalue weighted by atomic mass is 16.4. The highest BCUT2D eigenvalue weighted by Gasteiger charge is 2.19. The molecule has 17 heavy (non-hydrogen) atoms. The fraction of sp³-hybridized carbons (Fsp3) is 0.250. The summed E-state index contributed by atoms with van der Waals surface area (Å²) in [6.45, 7) is 0. The summed E-state index contributed by atoms with van der Waals surface area (Å²) in [6.07, 6.45) is -0.880. The van der Waals surface area contributed by atoms with Crippen LogP contribution in [0.4, 0.5) is 0 Å². The zero-order chi connectivity index (χ0) is 12.8. The molecule has 0 aromatic heterocycles. The molecule has 0 spiro atoms. The molecule has 0 saturated heterocycles. The molecule has 1 aromatic carbocycles. The van der Waals surface area contributed by atoms with Crippen molar-refractivity contribution in [2.24, 2.45) is 0 Å². The molecule has 0 aliphatic rings. The zero-order valence-electron chi connectivity index (χ0n) is 8.92. The molecule has 1 aromatic rings. The lowest BCUT2D eigenvalue weighted by Crippen LogP contribution is -2.12. The fourth-order valence-corrected chi connectivity index (χ4v) is 1.43. The first-order valence-electron chi connectivity index (χ1n) is 4.91. The van der Waals surface area contributed by atoms with Crippen LogP contribution in [0.2, 0.25) is 0 Å². The number of carboxylic acid groups (broad SMARTS) is 1. The number of carboxylic acids is 1. The molecule has 0 aliphatic carbocycles. The highest BCUT2D eigenvalue weighted by molar-refractivity contribution is 5.75. The van der Waals surface area contributed by atoms with Crippen LogP contribution in [0.25, 0.3) is 0 Å². The van der Waals surface area contributed by atoms with Crippen molar-refractivity contribution in [3.05, 3.63) is 34.9 Å². The van der Waals surface area contributed by atoms with E-state index in [0.29, 0.717) is 12.8 Å². The summed E-state index contributed by atoms with van der Waals surface area (Å²) < 4.78 is 0. The van der Waals surface area contributed by atoms with Crippen molar-refractivity contribution in [2.75, 3.05) is 0 Å². The topological polar surface area (TPSA) is 105 Å². The third-order valence-corrected chi connectivity index (χ3v) is 2.29. The van der Waals surface area contributed by atoms with Crippen molar-refractivity contribution in [3.63, 3.8) is 0 Å². The number of aryl methyl sites for hydroxylation is 1. The number of hydrogen-bond acceptors (Lipinski definition) is 4. The van der Waals surface area contributed by atoms with Gasteiger partial charge < -0.3 is 10.2 Å². The summed E-state index contributed by atoms with van der Waals surface area (Å²) in [4.78, 5) is 10.6. The van der Waals surface area contributed by atoms with Gasteiger partial charge >= 0.3 is 5.97 Å². The second-order valence-corrected chi connectivity index (χ2v) is 3.43. The van der Waals surface area contributed by atoms with Crippen molar-refractivity contribution in [3.8, 4) is 12.1 Å². The number of benzene rings is 1. The lowest BCUT2D eigenvalue weighted by Gasteiger charge is -2.09. The first-order valence-corrected chi connectivity index (χ1v) is 4.91. The Morgan fingerprint density at radius 2 is 2.12 bits per heavy atom. The molecule has 5 nitrogen and oxygen atoms in total. The highest BCUT2D eigenvalue weighted by Crippen LogP contribution is 2.20. The van der Waals surface area contributed by atoms with E-state index in [1.165, 1.54) is 12.1 Å². The van der Waals surface area contributed by atoms with Crippen molar-refractivity contribution < 1.29 is 15.0 Å². The van der Waals surface area contributed by atoms with Crippen LogP contribution in [-0.2, 0) is 11.2 Å². The Morgan fingerprint density at radius 3 is 2.65 bits per heavy atom. The Balaban J connectivity index is 3.07. The second-order valence-electron chi connectivity index (χ2n) is 3.43. The molecule has 5 heteroatoms. The number of rotatable bonds is 4. The lowest BCUT2D eigenvalue weighted by molar-refractivity contribution is -0.146. The van der Waals surface area contributed by atoms with Crippen LogP contribution in [0.3, 0.4) is 0 Å². The van der Waals surface area contributed by atoms with Gasteiger partial charge in [-0.2, -0.15) is 10.5 Å². The number of nitrogens with zero attached hydrogens (tertiary/aromatic N) is 2. The summed E-state index contributed by atoms with van der Waals surface area (Å²) in [5.41, 5.74) is 0.959. The molecule has 2 N–H and O–H groups in total. The van der Waals surface area contributed by atoms with E-state index >= 15 is 0 Å². The smallest absolute Gasteiger partial charge is 0.337 e. The minimum absolute atomic E-state index is 0.0701. The molecule has 0 aliphatic heterocycles. The molecule has 1 rings (SSSR count). The minimum atomic E-state index is -1.70. The Kier molecular flexibility index (Phi) is 4.21. The van der Waals surface area contributed by atoms with E-state index in [1.807, 2.05) is 12.1 Å². The van der Waals surface area contributed by atoms with E-state index in [-0.39, 0.29) is 11.1 Å². The van der Waals surface area contributed by atoms with Gasteiger partial charge in [0.25, 0.3) is 0 Å². The zero-order valence-corrected chi connectivity index (χ0v) is 8.92. The predicted octanol–water partition coefficient (Wildman–Crippen LogP) is 1.13. The van der Waals surface area contributed by atoms with E-state index in [0.717, 1.165) is 5.56 Å². The van der Waals surface area contributed by atoms with Crippen LogP contribution in [0.15, 0.2) is 18.2 Å². The number of carbonyl (C=O) groups is 1. The van der Waals surface area contributed by atoms with Crippen LogP contribution in [0.5, 0.6) is 0 Å². The summed E-state index contributed by atoms with van der Waals surface area (Å²) in [6, 6.07) is 8.34. The van der Waals surface area contributed by atoms with Crippen LogP contribution in [0.1, 0.15) is 29.2 Å². The van der Waals surface area contributed by atoms with Crippen molar-refractivity contribution in [1.82, 2.24) is 0 Å². The number of aliphatic carboxylic acids is 1. The van der Waals surface area contributed by atoms with Crippen LogP contribution in [-0.4, -0.2) is 16.2 Å². The molecule has 0 radical (unpaired) electrons. The standard InChI is InChI=1S/C12H10N2O3/c13-5-1-2-8-3-4-10(9(6-8)7-14)11(15)12(16)17/h3-4,6,11,15H,1-2H2,(H,16,17). The van der Waals surface area contributed by atoms with Crippen molar-refractivity contribution >= 4 is 5.97 Å². The number of hydrogen-bond donors (Lipinski definition) is 2. The maximum atomic E-state index is 10.6. The normalized spacial score (nSPS) is 11.2. The number of nitriles is 2. The van der Waals surface area contributed by atoms with Gasteiger partial charge in [-0.1, -0.05) is 12.1 Å². The van der Waals surface area contributed by atoms with Crippen molar-refractivity contribution in [2.45, 2.75) is 18.9 Å². The molecule has 0 heterocycles. The van der Waals surface area contributed by atoms with Gasteiger partial charge in [0.05, 0.1) is 17.7 Å². The van der Waals surface area contributed by atoms with Gasteiger partial charge in [-0.3, -0.25) is 0 Å². The van der Waals surface area contributed by atoms with E-state index in [1.54, 1.807) is 6.07 Å². The molecule has 0 amide bonds. The van der Waals surface area contributed by atoms with Crippen LogP contribution >= 0.6 is 0 Å². The number of aliphatic hydroxyl groups excluding tert-OH is 1. The Labute approximate surface area is 98.2 Å². The predicted molar refractivity (Wildman–Crippen MR) is 57.7 cm³/mol. The molecule has 1 unspecified atom stereocenters. The maximum Gasteiger partial charge on any atom is 0.337 e. The summed E-state index contributed by atoms with van der Waals surface area (Å²) in [5, 5.41) is 35.4. The maximum absolute atomic E-state index is 10.6. The summed E-state index contributed by atoms with van der Waals surface area (Å²) >= 11 is 0. The largest absolute Gasteiger partial charge is 0.479 e. The number of aliphatic hydroxyl groups is 1. The Morgan fingerprint density at radius 1 is 1.41 bits per heavy atom. The van der Waals surface area contributed by atoms with Gasteiger partial charge in [0.15, 0.2) is 6.10 Å². The van der Waals surface area contributed by atoms with E-state index in [2.05, 4.69) is 0 Å². The van der Waals surface area contributed by atoms with E-state index < -0.39 is 12.1 Å².